The predicted octanol–water partition coefficient (Wildman–Crippen LogP) is 4.83. The van der Waals surface area contributed by atoms with E-state index in [1.165, 1.54) is 0 Å². The van der Waals surface area contributed by atoms with E-state index in [9.17, 15) is 4.79 Å². The Morgan fingerprint density at radius 2 is 1.90 bits per heavy atom. The highest BCUT2D eigenvalue weighted by Crippen LogP contribution is 2.39. The highest BCUT2D eigenvalue weighted by Gasteiger charge is 2.22. The van der Waals surface area contributed by atoms with Crippen LogP contribution < -0.4 is 4.74 Å². The van der Waals surface area contributed by atoms with Crippen molar-refractivity contribution in [1.29, 1.82) is 0 Å². The number of ether oxygens (including phenoxy) is 1. The molecule has 0 heterocycles. The summed E-state index contributed by atoms with van der Waals surface area (Å²) in [5.74, 6) is 0.201. The molecule has 20 heavy (non-hydrogen) atoms. The molecule has 0 aliphatic heterocycles. The second-order valence-corrected chi connectivity index (χ2v) is 5.64. The molecule has 0 radical (unpaired) electrons. The number of hydrogen-bond acceptors (Lipinski definition) is 2. The summed E-state index contributed by atoms with van der Waals surface area (Å²) in [5, 5.41) is 9.71. The molecular weight excluding hydrogens is 276 g/mol. The number of hydrogen-bond donors (Lipinski definition) is 1. The molecule has 0 aliphatic rings. The van der Waals surface area contributed by atoms with Crippen molar-refractivity contribution in [2.45, 2.75) is 52.4 Å². The summed E-state index contributed by atoms with van der Waals surface area (Å²) in [4.78, 5) is 11.0. The Kier molecular flexibility index (Phi) is 6.34. The molecule has 0 amide bonds. The average molecular weight is 299 g/mol. The van der Waals surface area contributed by atoms with Crippen LogP contribution in [0.4, 0.5) is 0 Å². The maximum atomic E-state index is 11.0. The lowest BCUT2D eigenvalue weighted by Gasteiger charge is -2.22. The van der Waals surface area contributed by atoms with Gasteiger partial charge in [-0.25, -0.2) is 0 Å². The maximum absolute atomic E-state index is 11.0. The molecule has 0 aliphatic carbocycles. The molecule has 0 bridgehead atoms. The van der Waals surface area contributed by atoms with E-state index >= 15 is 0 Å². The van der Waals surface area contributed by atoms with Crippen LogP contribution >= 0.6 is 11.6 Å². The molecular formula is C16H23ClO3. The normalized spacial score (nSPS) is 12.5. The van der Waals surface area contributed by atoms with E-state index < -0.39 is 5.97 Å². The first-order valence-electron chi connectivity index (χ1n) is 7.08. The Bertz CT molecular complexity index is 469. The van der Waals surface area contributed by atoms with Crippen molar-refractivity contribution in [2.75, 3.05) is 6.61 Å². The van der Waals surface area contributed by atoms with E-state index in [0.717, 1.165) is 23.3 Å². The second-order valence-electron chi connectivity index (χ2n) is 5.20. The van der Waals surface area contributed by atoms with Gasteiger partial charge in [0.25, 0.3) is 0 Å². The smallest absolute Gasteiger partial charge is 0.303 e. The number of carbonyl (C=O) groups is 1. The monoisotopic (exact) mass is 298 g/mol. The molecule has 0 aromatic heterocycles. The lowest BCUT2D eigenvalue weighted by molar-refractivity contribution is -0.137. The molecule has 1 unspecified atom stereocenters. The van der Waals surface area contributed by atoms with E-state index in [4.69, 9.17) is 21.4 Å². The van der Waals surface area contributed by atoms with Gasteiger partial charge in [0.1, 0.15) is 5.75 Å². The number of rotatable bonds is 7. The van der Waals surface area contributed by atoms with Gasteiger partial charge in [0.05, 0.1) is 13.0 Å². The molecule has 0 saturated carbocycles. The molecule has 1 aromatic rings. The molecule has 1 aromatic carbocycles. The molecule has 112 valence electrons. The third kappa shape index (κ3) is 4.14. The SMILES string of the molecule is CCOc1c(C(C)C)cc(Cl)cc1C(CC)CC(=O)O. The van der Waals surface area contributed by atoms with Crippen LogP contribution in [0.5, 0.6) is 5.75 Å². The molecule has 0 spiro atoms. The number of benzene rings is 1. The Labute approximate surface area is 125 Å². The zero-order valence-corrected chi connectivity index (χ0v) is 13.3. The second kappa shape index (κ2) is 7.53. The fourth-order valence-corrected chi connectivity index (χ4v) is 2.60. The van der Waals surface area contributed by atoms with E-state index in [-0.39, 0.29) is 18.3 Å². The van der Waals surface area contributed by atoms with Gasteiger partial charge in [-0.3, -0.25) is 4.79 Å². The highest BCUT2D eigenvalue weighted by atomic mass is 35.5. The van der Waals surface area contributed by atoms with Crippen molar-refractivity contribution < 1.29 is 14.6 Å². The van der Waals surface area contributed by atoms with Gasteiger partial charge in [-0.05, 0) is 48.4 Å². The summed E-state index contributed by atoms with van der Waals surface area (Å²) in [6.07, 6.45) is 0.832. The third-order valence-electron chi connectivity index (χ3n) is 3.38. The van der Waals surface area contributed by atoms with Crippen LogP contribution in [-0.4, -0.2) is 17.7 Å². The summed E-state index contributed by atoms with van der Waals surface area (Å²) in [5.41, 5.74) is 1.95. The van der Waals surface area contributed by atoms with Crippen LogP contribution in [0.1, 0.15) is 63.5 Å². The Morgan fingerprint density at radius 1 is 1.30 bits per heavy atom. The van der Waals surface area contributed by atoms with E-state index in [1.807, 2.05) is 26.0 Å². The summed E-state index contributed by atoms with van der Waals surface area (Å²) in [6, 6.07) is 3.75. The van der Waals surface area contributed by atoms with E-state index in [0.29, 0.717) is 11.6 Å². The summed E-state index contributed by atoms with van der Waals surface area (Å²) in [7, 11) is 0. The standard InChI is InChI=1S/C16H23ClO3/c1-5-11(7-15(18)19)14-9-12(17)8-13(10(3)4)16(14)20-6-2/h8-11H,5-7H2,1-4H3,(H,18,19). The van der Waals surface area contributed by atoms with Crippen LogP contribution in [0.15, 0.2) is 12.1 Å². The minimum absolute atomic E-state index is 0.0785. The van der Waals surface area contributed by atoms with Crippen molar-refractivity contribution in [3.63, 3.8) is 0 Å². The zero-order chi connectivity index (χ0) is 15.3. The third-order valence-corrected chi connectivity index (χ3v) is 3.59. The number of aliphatic carboxylic acids is 1. The molecule has 0 fully saturated rings. The molecule has 1 atom stereocenters. The molecule has 4 heteroatoms. The molecule has 0 saturated heterocycles. The van der Waals surface area contributed by atoms with Gasteiger partial charge in [-0.15, -0.1) is 0 Å². The quantitative estimate of drug-likeness (QED) is 0.784. The first-order chi connectivity index (χ1) is 9.40. The summed E-state index contributed by atoms with van der Waals surface area (Å²) < 4.78 is 5.80. The Morgan fingerprint density at radius 3 is 2.35 bits per heavy atom. The van der Waals surface area contributed by atoms with E-state index in [1.54, 1.807) is 0 Å². The fraction of sp³-hybridized carbons (Fsp3) is 0.562. The lowest BCUT2D eigenvalue weighted by Crippen LogP contribution is -2.10. The Balaban J connectivity index is 3.37. The van der Waals surface area contributed by atoms with Crippen molar-refractivity contribution in [2.24, 2.45) is 0 Å². The van der Waals surface area contributed by atoms with Crippen LogP contribution in [-0.2, 0) is 4.79 Å². The average Bonchev–Trinajstić information content (AvgIpc) is 2.37. The number of carboxylic acids is 1. The van der Waals surface area contributed by atoms with Crippen LogP contribution in [0.2, 0.25) is 5.02 Å². The minimum atomic E-state index is -0.801. The van der Waals surface area contributed by atoms with Gasteiger partial charge in [-0.1, -0.05) is 32.4 Å². The lowest BCUT2D eigenvalue weighted by atomic mass is 9.88. The maximum Gasteiger partial charge on any atom is 0.303 e. The highest BCUT2D eigenvalue weighted by molar-refractivity contribution is 6.30. The van der Waals surface area contributed by atoms with E-state index in [2.05, 4.69) is 13.8 Å². The topological polar surface area (TPSA) is 46.5 Å². The number of carboxylic acid groups (broad SMARTS) is 1. The van der Waals surface area contributed by atoms with Gasteiger partial charge in [0.15, 0.2) is 0 Å². The zero-order valence-electron chi connectivity index (χ0n) is 12.6. The first-order valence-corrected chi connectivity index (χ1v) is 7.46. The van der Waals surface area contributed by atoms with Gasteiger partial charge in [-0.2, -0.15) is 0 Å². The number of halogens is 1. The van der Waals surface area contributed by atoms with Crippen molar-refractivity contribution in [1.82, 2.24) is 0 Å². The van der Waals surface area contributed by atoms with Crippen LogP contribution in [0.25, 0.3) is 0 Å². The largest absolute Gasteiger partial charge is 0.493 e. The van der Waals surface area contributed by atoms with Crippen LogP contribution in [0, 0.1) is 0 Å². The molecule has 1 rings (SSSR count). The van der Waals surface area contributed by atoms with Crippen molar-refractivity contribution in [3.05, 3.63) is 28.3 Å². The van der Waals surface area contributed by atoms with Gasteiger partial charge < -0.3 is 9.84 Å². The first kappa shape index (κ1) is 16.8. The van der Waals surface area contributed by atoms with Crippen molar-refractivity contribution in [3.8, 4) is 5.75 Å². The van der Waals surface area contributed by atoms with Gasteiger partial charge >= 0.3 is 5.97 Å². The van der Waals surface area contributed by atoms with Gasteiger partial charge in [0.2, 0.25) is 0 Å². The predicted molar refractivity (Wildman–Crippen MR) is 82.0 cm³/mol. The van der Waals surface area contributed by atoms with Crippen molar-refractivity contribution >= 4 is 17.6 Å². The Hall–Kier alpha value is -1.22. The minimum Gasteiger partial charge on any atom is -0.493 e. The summed E-state index contributed by atoms with van der Waals surface area (Å²) >= 11 is 6.20. The molecule has 1 N–H and O–H groups in total. The molecule has 3 nitrogen and oxygen atoms in total. The summed E-state index contributed by atoms with van der Waals surface area (Å²) in [6.45, 7) is 8.63. The van der Waals surface area contributed by atoms with Crippen LogP contribution in [0.3, 0.4) is 0 Å². The fourth-order valence-electron chi connectivity index (χ4n) is 2.36. The van der Waals surface area contributed by atoms with Gasteiger partial charge in [0, 0.05) is 5.02 Å².